The van der Waals surface area contributed by atoms with Gasteiger partial charge in [-0.3, -0.25) is 0 Å². The summed E-state index contributed by atoms with van der Waals surface area (Å²) in [7, 11) is 4.02. The van der Waals surface area contributed by atoms with Crippen LogP contribution in [0.2, 0.25) is 0 Å². The zero-order valence-electron chi connectivity index (χ0n) is 13.1. The number of nitrogens with one attached hydrogen (secondary N) is 2. The Hall–Kier alpha value is -1.71. The van der Waals surface area contributed by atoms with Crippen LogP contribution in [0.25, 0.3) is 0 Å². The Bertz CT molecular complexity index is 399. The molecule has 0 spiro atoms. The first kappa shape index (κ1) is 16.3. The van der Waals surface area contributed by atoms with E-state index in [-0.39, 0.29) is 6.03 Å². The molecule has 0 radical (unpaired) electrons. The minimum Gasteiger partial charge on any atom is -0.378 e. The van der Waals surface area contributed by atoms with Gasteiger partial charge in [-0.25, -0.2) is 4.79 Å². The van der Waals surface area contributed by atoms with E-state index in [4.69, 9.17) is 0 Å². The van der Waals surface area contributed by atoms with E-state index in [2.05, 4.69) is 41.5 Å². The molecule has 0 bridgehead atoms. The van der Waals surface area contributed by atoms with Crippen molar-refractivity contribution in [3.63, 3.8) is 0 Å². The van der Waals surface area contributed by atoms with Gasteiger partial charge in [-0.15, -0.1) is 0 Å². The summed E-state index contributed by atoms with van der Waals surface area (Å²) in [4.78, 5) is 13.7. The monoisotopic (exact) mass is 277 g/mol. The zero-order valence-corrected chi connectivity index (χ0v) is 13.1. The average molecular weight is 277 g/mol. The van der Waals surface area contributed by atoms with Crippen molar-refractivity contribution >= 4 is 11.7 Å². The molecule has 0 aliphatic rings. The smallest absolute Gasteiger partial charge is 0.315 e. The van der Waals surface area contributed by atoms with E-state index in [1.807, 2.05) is 26.2 Å². The van der Waals surface area contributed by atoms with Crippen LogP contribution in [0.4, 0.5) is 10.5 Å². The molecule has 2 N–H and O–H groups in total. The number of nitrogens with zero attached hydrogens (tertiary/aromatic N) is 1. The summed E-state index contributed by atoms with van der Waals surface area (Å²) in [6.07, 6.45) is 2.18. The van der Waals surface area contributed by atoms with Crippen molar-refractivity contribution in [2.75, 3.05) is 25.5 Å². The lowest BCUT2D eigenvalue weighted by Gasteiger charge is -2.13. The van der Waals surface area contributed by atoms with Crippen molar-refractivity contribution in [2.24, 2.45) is 5.92 Å². The Kier molecular flexibility index (Phi) is 6.91. The van der Waals surface area contributed by atoms with Gasteiger partial charge in [0, 0.05) is 32.9 Å². The second-order valence-corrected chi connectivity index (χ2v) is 5.71. The predicted molar refractivity (Wildman–Crippen MR) is 85.1 cm³/mol. The molecule has 0 fully saturated rings. The molecule has 0 saturated carbocycles. The quantitative estimate of drug-likeness (QED) is 0.753. The van der Waals surface area contributed by atoms with Gasteiger partial charge in [0.05, 0.1) is 0 Å². The molecular weight excluding hydrogens is 250 g/mol. The van der Waals surface area contributed by atoms with Crippen molar-refractivity contribution in [3.8, 4) is 0 Å². The first-order valence-electron chi connectivity index (χ1n) is 7.27. The highest BCUT2D eigenvalue weighted by molar-refractivity contribution is 5.73. The van der Waals surface area contributed by atoms with E-state index in [1.54, 1.807) is 0 Å². The molecule has 0 aliphatic heterocycles. The zero-order chi connectivity index (χ0) is 15.0. The molecule has 0 heterocycles. The van der Waals surface area contributed by atoms with E-state index >= 15 is 0 Å². The largest absolute Gasteiger partial charge is 0.378 e. The Morgan fingerprint density at radius 2 is 1.80 bits per heavy atom. The summed E-state index contributed by atoms with van der Waals surface area (Å²) in [5.41, 5.74) is 2.26. The number of rotatable bonds is 7. The van der Waals surface area contributed by atoms with Crippen LogP contribution in [0, 0.1) is 5.92 Å². The SMILES string of the molecule is CC(C)CCCNC(=O)NCc1ccc(N(C)C)cc1. The average Bonchev–Trinajstić information content (AvgIpc) is 2.41. The predicted octanol–water partition coefficient (Wildman–Crippen LogP) is 2.99. The summed E-state index contributed by atoms with van der Waals surface area (Å²) >= 11 is 0. The highest BCUT2D eigenvalue weighted by Gasteiger charge is 2.01. The molecule has 0 aromatic heterocycles. The van der Waals surface area contributed by atoms with Gasteiger partial charge >= 0.3 is 6.03 Å². The van der Waals surface area contributed by atoms with Crippen LogP contribution in [0.5, 0.6) is 0 Å². The molecule has 1 aromatic carbocycles. The molecule has 0 atom stereocenters. The van der Waals surface area contributed by atoms with Crippen molar-refractivity contribution in [1.29, 1.82) is 0 Å². The van der Waals surface area contributed by atoms with Crippen molar-refractivity contribution in [1.82, 2.24) is 10.6 Å². The van der Waals surface area contributed by atoms with Crippen LogP contribution in [0.1, 0.15) is 32.3 Å². The van der Waals surface area contributed by atoms with Crippen LogP contribution in [-0.4, -0.2) is 26.7 Å². The second-order valence-electron chi connectivity index (χ2n) is 5.71. The molecule has 2 amide bonds. The lowest BCUT2D eigenvalue weighted by atomic mass is 10.1. The van der Waals surface area contributed by atoms with E-state index in [0.717, 1.165) is 30.6 Å². The first-order valence-corrected chi connectivity index (χ1v) is 7.27. The van der Waals surface area contributed by atoms with Crippen molar-refractivity contribution < 1.29 is 4.79 Å². The summed E-state index contributed by atoms with van der Waals surface area (Å²) in [5.74, 6) is 0.690. The van der Waals surface area contributed by atoms with Crippen molar-refractivity contribution in [3.05, 3.63) is 29.8 Å². The number of carbonyl (C=O) groups excluding carboxylic acids is 1. The van der Waals surface area contributed by atoms with Crippen LogP contribution in [0.3, 0.4) is 0 Å². The molecule has 0 saturated heterocycles. The van der Waals surface area contributed by atoms with Gasteiger partial charge in [-0.05, 0) is 36.5 Å². The fraction of sp³-hybridized carbons (Fsp3) is 0.562. The number of urea groups is 1. The Balaban J connectivity index is 2.23. The van der Waals surface area contributed by atoms with E-state index in [9.17, 15) is 4.79 Å². The number of anilines is 1. The number of amides is 2. The number of benzene rings is 1. The maximum atomic E-state index is 11.6. The molecule has 1 rings (SSSR count). The lowest BCUT2D eigenvalue weighted by molar-refractivity contribution is 0.240. The Morgan fingerprint density at radius 3 is 2.35 bits per heavy atom. The number of carbonyl (C=O) groups is 1. The lowest BCUT2D eigenvalue weighted by Crippen LogP contribution is -2.35. The molecule has 4 nitrogen and oxygen atoms in total. The maximum absolute atomic E-state index is 11.6. The van der Waals surface area contributed by atoms with Crippen LogP contribution >= 0.6 is 0 Å². The van der Waals surface area contributed by atoms with Gasteiger partial charge in [0.15, 0.2) is 0 Å². The number of hydrogen-bond acceptors (Lipinski definition) is 2. The summed E-state index contributed by atoms with van der Waals surface area (Å²) in [6.45, 7) is 5.68. The third kappa shape index (κ3) is 6.45. The molecular formula is C16H27N3O. The van der Waals surface area contributed by atoms with Crippen LogP contribution < -0.4 is 15.5 Å². The Labute approximate surface area is 122 Å². The third-order valence-corrected chi connectivity index (χ3v) is 3.15. The topological polar surface area (TPSA) is 44.4 Å². The van der Waals surface area contributed by atoms with Gasteiger partial charge in [-0.2, -0.15) is 0 Å². The number of hydrogen-bond donors (Lipinski definition) is 2. The van der Waals surface area contributed by atoms with E-state index < -0.39 is 0 Å². The summed E-state index contributed by atoms with van der Waals surface area (Å²) in [5, 5.41) is 5.75. The minimum absolute atomic E-state index is 0.0922. The van der Waals surface area contributed by atoms with Gasteiger partial charge in [0.25, 0.3) is 0 Å². The fourth-order valence-electron chi connectivity index (χ4n) is 1.87. The first-order chi connectivity index (χ1) is 9.49. The molecule has 20 heavy (non-hydrogen) atoms. The minimum atomic E-state index is -0.0922. The molecule has 112 valence electrons. The summed E-state index contributed by atoms with van der Waals surface area (Å²) < 4.78 is 0. The molecule has 0 unspecified atom stereocenters. The van der Waals surface area contributed by atoms with Gasteiger partial charge in [0.1, 0.15) is 0 Å². The normalized spacial score (nSPS) is 10.4. The molecule has 0 aliphatic carbocycles. The summed E-state index contributed by atoms with van der Waals surface area (Å²) in [6, 6.07) is 8.09. The van der Waals surface area contributed by atoms with Crippen molar-refractivity contribution in [2.45, 2.75) is 33.2 Å². The standard InChI is InChI=1S/C16H27N3O/c1-13(2)6-5-11-17-16(20)18-12-14-7-9-15(10-8-14)19(3)4/h7-10,13H,5-6,11-12H2,1-4H3,(H2,17,18,20). The van der Waals surface area contributed by atoms with Gasteiger partial charge < -0.3 is 15.5 Å². The van der Waals surface area contributed by atoms with Gasteiger partial charge in [-0.1, -0.05) is 26.0 Å². The Morgan fingerprint density at radius 1 is 1.15 bits per heavy atom. The second kappa shape index (κ2) is 8.46. The van der Waals surface area contributed by atoms with Crippen LogP contribution in [0.15, 0.2) is 24.3 Å². The van der Waals surface area contributed by atoms with Gasteiger partial charge in [0.2, 0.25) is 0 Å². The molecule has 1 aromatic rings. The molecule has 4 heteroatoms. The van der Waals surface area contributed by atoms with E-state index in [1.165, 1.54) is 0 Å². The van der Waals surface area contributed by atoms with Crippen LogP contribution in [-0.2, 0) is 6.54 Å². The highest BCUT2D eigenvalue weighted by Crippen LogP contribution is 2.11. The third-order valence-electron chi connectivity index (χ3n) is 3.15. The fourth-order valence-corrected chi connectivity index (χ4v) is 1.87. The highest BCUT2D eigenvalue weighted by atomic mass is 16.2. The van der Waals surface area contributed by atoms with E-state index in [0.29, 0.717) is 12.5 Å². The maximum Gasteiger partial charge on any atom is 0.315 e.